The summed E-state index contributed by atoms with van der Waals surface area (Å²) in [6.45, 7) is 2.16. The molecule has 0 heterocycles. The van der Waals surface area contributed by atoms with E-state index >= 15 is 0 Å². The van der Waals surface area contributed by atoms with Crippen LogP contribution in [0.4, 0.5) is 0 Å². The van der Waals surface area contributed by atoms with Gasteiger partial charge in [-0.05, 0) is 41.7 Å². The van der Waals surface area contributed by atoms with Gasteiger partial charge in [0.05, 0.1) is 5.38 Å². The first-order valence-corrected chi connectivity index (χ1v) is 7.39. The second-order valence-corrected chi connectivity index (χ2v) is 5.84. The molecule has 1 atom stereocenters. The first-order chi connectivity index (χ1) is 8.69. The monoisotopic (exact) mass is 322 g/mol. The Balaban J connectivity index is 2.09. The number of aryl methyl sites for hydroxylation is 1. The third kappa shape index (κ3) is 3.60. The van der Waals surface area contributed by atoms with E-state index in [9.17, 15) is 0 Å². The van der Waals surface area contributed by atoms with Gasteiger partial charge in [0.15, 0.2) is 0 Å². The molecule has 0 saturated heterocycles. The molecule has 1 unspecified atom stereocenters. The Morgan fingerprint density at radius 3 is 2.39 bits per heavy atom. The van der Waals surface area contributed by atoms with E-state index in [-0.39, 0.29) is 5.38 Å². The summed E-state index contributed by atoms with van der Waals surface area (Å²) in [5.74, 6) is 0. The number of alkyl halides is 1. The van der Waals surface area contributed by atoms with Crippen LogP contribution in [0, 0.1) is 0 Å². The van der Waals surface area contributed by atoms with E-state index in [1.165, 1.54) is 16.7 Å². The van der Waals surface area contributed by atoms with Crippen molar-refractivity contribution in [2.75, 3.05) is 0 Å². The topological polar surface area (TPSA) is 0 Å². The molecule has 94 valence electrons. The highest BCUT2D eigenvalue weighted by atomic mass is 79.9. The fraction of sp³-hybridized carbons (Fsp3) is 0.250. The zero-order chi connectivity index (χ0) is 13.0. The van der Waals surface area contributed by atoms with E-state index in [1.807, 2.05) is 12.1 Å². The van der Waals surface area contributed by atoms with Crippen molar-refractivity contribution in [3.05, 3.63) is 69.7 Å². The smallest absolute Gasteiger partial charge is 0.0625 e. The zero-order valence-corrected chi connectivity index (χ0v) is 12.7. The van der Waals surface area contributed by atoms with Gasteiger partial charge in [0.25, 0.3) is 0 Å². The summed E-state index contributed by atoms with van der Waals surface area (Å²) in [5.41, 5.74) is 3.79. The van der Waals surface area contributed by atoms with Crippen LogP contribution < -0.4 is 0 Å². The second-order valence-electron chi connectivity index (χ2n) is 4.40. The quantitative estimate of drug-likeness (QED) is 0.649. The zero-order valence-electron chi connectivity index (χ0n) is 10.4. The van der Waals surface area contributed by atoms with E-state index in [0.717, 1.165) is 17.3 Å². The Morgan fingerprint density at radius 2 is 1.78 bits per heavy atom. The second kappa shape index (κ2) is 6.40. The van der Waals surface area contributed by atoms with Crippen LogP contribution >= 0.6 is 27.5 Å². The standard InChI is InChI=1S/C16H16BrCl/c1-2-12-6-8-14(9-7-12)16(18)11-13-4-3-5-15(17)10-13/h3-10,16H,2,11H2,1H3. The van der Waals surface area contributed by atoms with Crippen LogP contribution in [-0.4, -0.2) is 0 Å². The maximum atomic E-state index is 6.47. The minimum Gasteiger partial charge on any atom is -0.117 e. The summed E-state index contributed by atoms with van der Waals surface area (Å²) in [4.78, 5) is 0. The van der Waals surface area contributed by atoms with E-state index in [2.05, 4.69) is 59.3 Å². The lowest BCUT2D eigenvalue weighted by Crippen LogP contribution is -1.96. The van der Waals surface area contributed by atoms with Gasteiger partial charge in [-0.3, -0.25) is 0 Å². The average molecular weight is 324 g/mol. The molecule has 2 rings (SSSR count). The summed E-state index contributed by atoms with van der Waals surface area (Å²) in [6, 6.07) is 16.9. The molecular weight excluding hydrogens is 308 g/mol. The lowest BCUT2D eigenvalue weighted by molar-refractivity contribution is 0.917. The van der Waals surface area contributed by atoms with Gasteiger partial charge in [-0.25, -0.2) is 0 Å². The van der Waals surface area contributed by atoms with Crippen molar-refractivity contribution < 1.29 is 0 Å². The van der Waals surface area contributed by atoms with Gasteiger partial charge in [0.2, 0.25) is 0 Å². The Kier molecular flexibility index (Phi) is 4.85. The molecule has 0 aliphatic carbocycles. The van der Waals surface area contributed by atoms with Crippen molar-refractivity contribution >= 4 is 27.5 Å². The van der Waals surface area contributed by atoms with Crippen LogP contribution in [0.3, 0.4) is 0 Å². The van der Waals surface area contributed by atoms with Gasteiger partial charge in [0, 0.05) is 4.47 Å². The molecule has 2 aromatic rings. The molecular formula is C16H16BrCl. The molecule has 0 amide bonds. The fourth-order valence-electron chi connectivity index (χ4n) is 1.95. The molecule has 0 nitrogen and oxygen atoms in total. The van der Waals surface area contributed by atoms with Gasteiger partial charge in [-0.15, -0.1) is 11.6 Å². The summed E-state index contributed by atoms with van der Waals surface area (Å²) in [6.07, 6.45) is 1.92. The predicted octanol–water partition coefficient (Wildman–Crippen LogP) is 5.53. The summed E-state index contributed by atoms with van der Waals surface area (Å²) < 4.78 is 1.10. The van der Waals surface area contributed by atoms with Gasteiger partial charge in [-0.1, -0.05) is 59.3 Å². The third-order valence-corrected chi connectivity index (χ3v) is 3.95. The summed E-state index contributed by atoms with van der Waals surface area (Å²) >= 11 is 9.96. The molecule has 0 aliphatic heterocycles. The molecule has 0 N–H and O–H groups in total. The van der Waals surface area contributed by atoms with Gasteiger partial charge in [0.1, 0.15) is 0 Å². The van der Waals surface area contributed by atoms with Crippen molar-refractivity contribution in [2.45, 2.75) is 25.1 Å². The molecule has 18 heavy (non-hydrogen) atoms. The Labute approximate surface area is 122 Å². The van der Waals surface area contributed by atoms with Gasteiger partial charge >= 0.3 is 0 Å². The normalized spacial score (nSPS) is 12.4. The Bertz CT molecular complexity index is 505. The lowest BCUT2D eigenvalue weighted by Gasteiger charge is -2.11. The Morgan fingerprint density at radius 1 is 1.06 bits per heavy atom. The van der Waals surface area contributed by atoms with Crippen LogP contribution in [0.1, 0.15) is 29.0 Å². The number of hydrogen-bond donors (Lipinski definition) is 0. The number of halogens is 2. The molecule has 0 aromatic heterocycles. The van der Waals surface area contributed by atoms with Gasteiger partial charge < -0.3 is 0 Å². The number of hydrogen-bond acceptors (Lipinski definition) is 0. The van der Waals surface area contributed by atoms with Crippen molar-refractivity contribution in [3.8, 4) is 0 Å². The number of rotatable bonds is 4. The molecule has 0 spiro atoms. The van der Waals surface area contributed by atoms with Crippen molar-refractivity contribution in [1.82, 2.24) is 0 Å². The lowest BCUT2D eigenvalue weighted by atomic mass is 10.0. The van der Waals surface area contributed by atoms with Gasteiger partial charge in [-0.2, -0.15) is 0 Å². The first kappa shape index (κ1) is 13.6. The van der Waals surface area contributed by atoms with E-state index in [1.54, 1.807) is 0 Å². The highest BCUT2D eigenvalue weighted by Gasteiger charge is 2.09. The van der Waals surface area contributed by atoms with Crippen LogP contribution in [0.15, 0.2) is 53.0 Å². The Hall–Kier alpha value is -0.790. The third-order valence-electron chi connectivity index (χ3n) is 3.05. The molecule has 0 fully saturated rings. The maximum absolute atomic E-state index is 6.47. The first-order valence-electron chi connectivity index (χ1n) is 6.16. The molecule has 0 saturated carbocycles. The van der Waals surface area contributed by atoms with Crippen molar-refractivity contribution in [2.24, 2.45) is 0 Å². The van der Waals surface area contributed by atoms with Crippen molar-refractivity contribution in [3.63, 3.8) is 0 Å². The predicted molar refractivity (Wildman–Crippen MR) is 82.3 cm³/mol. The van der Waals surface area contributed by atoms with E-state index < -0.39 is 0 Å². The summed E-state index contributed by atoms with van der Waals surface area (Å²) in [5, 5.41) is 0.0326. The van der Waals surface area contributed by atoms with Crippen LogP contribution in [0.25, 0.3) is 0 Å². The SMILES string of the molecule is CCc1ccc(C(Cl)Cc2cccc(Br)c2)cc1. The van der Waals surface area contributed by atoms with Crippen molar-refractivity contribution in [1.29, 1.82) is 0 Å². The summed E-state index contributed by atoms with van der Waals surface area (Å²) in [7, 11) is 0. The highest BCUT2D eigenvalue weighted by molar-refractivity contribution is 9.10. The van der Waals surface area contributed by atoms with Crippen LogP contribution in [0.5, 0.6) is 0 Å². The molecule has 0 aliphatic rings. The molecule has 2 aromatic carbocycles. The molecule has 0 bridgehead atoms. The van der Waals surface area contributed by atoms with E-state index in [0.29, 0.717) is 0 Å². The number of benzene rings is 2. The minimum atomic E-state index is 0.0326. The maximum Gasteiger partial charge on any atom is 0.0625 e. The van der Waals surface area contributed by atoms with E-state index in [4.69, 9.17) is 11.6 Å². The molecule has 2 heteroatoms. The largest absolute Gasteiger partial charge is 0.117 e. The fourth-order valence-corrected chi connectivity index (χ4v) is 2.72. The minimum absolute atomic E-state index is 0.0326. The van der Waals surface area contributed by atoms with Crippen LogP contribution in [-0.2, 0) is 12.8 Å². The van der Waals surface area contributed by atoms with Crippen LogP contribution in [0.2, 0.25) is 0 Å². The average Bonchev–Trinajstić information content (AvgIpc) is 2.39. The molecule has 0 radical (unpaired) electrons. The highest BCUT2D eigenvalue weighted by Crippen LogP contribution is 2.26.